The van der Waals surface area contributed by atoms with E-state index in [-0.39, 0.29) is 4.90 Å². The van der Waals surface area contributed by atoms with E-state index in [1.54, 1.807) is 31.2 Å². The summed E-state index contributed by atoms with van der Waals surface area (Å²) < 4.78 is 36.4. The first kappa shape index (κ1) is 17.8. The van der Waals surface area contributed by atoms with Crippen LogP contribution >= 0.6 is 0 Å². The van der Waals surface area contributed by atoms with E-state index >= 15 is 0 Å². The fourth-order valence-electron chi connectivity index (χ4n) is 2.23. The lowest BCUT2D eigenvalue weighted by molar-refractivity contribution is 0.0601. The molecular weight excluding hydrogens is 330 g/mol. The maximum Gasteiger partial charge on any atom is 0.337 e. The second kappa shape index (κ2) is 6.92. The van der Waals surface area contributed by atoms with Crippen molar-refractivity contribution in [2.75, 3.05) is 25.6 Å². The predicted octanol–water partition coefficient (Wildman–Crippen LogP) is 2.62. The van der Waals surface area contributed by atoms with Crippen molar-refractivity contribution in [2.24, 2.45) is 0 Å². The highest BCUT2D eigenvalue weighted by Gasteiger charge is 2.22. The van der Waals surface area contributed by atoms with E-state index in [0.717, 1.165) is 9.87 Å². The van der Waals surface area contributed by atoms with Gasteiger partial charge in [-0.05, 0) is 55.0 Å². The number of esters is 1. The van der Waals surface area contributed by atoms with E-state index in [1.165, 1.54) is 39.5 Å². The Labute approximate surface area is 141 Å². The van der Waals surface area contributed by atoms with Gasteiger partial charge in [-0.2, -0.15) is 0 Å². The zero-order valence-electron chi connectivity index (χ0n) is 13.9. The average molecular weight is 349 g/mol. The van der Waals surface area contributed by atoms with Crippen LogP contribution in [0, 0.1) is 6.92 Å². The van der Waals surface area contributed by atoms with Crippen molar-refractivity contribution in [3.05, 3.63) is 53.6 Å². The molecule has 128 valence electrons. The second-order valence-corrected chi connectivity index (χ2v) is 7.11. The monoisotopic (exact) mass is 349 g/mol. The minimum absolute atomic E-state index is 0.167. The zero-order valence-corrected chi connectivity index (χ0v) is 14.8. The fourth-order valence-corrected chi connectivity index (χ4v) is 3.51. The normalized spacial score (nSPS) is 11.0. The molecule has 0 unspecified atom stereocenters. The molecule has 0 saturated carbocycles. The largest absolute Gasteiger partial charge is 0.496 e. The second-order valence-electron chi connectivity index (χ2n) is 5.14. The molecule has 0 bridgehead atoms. The van der Waals surface area contributed by atoms with E-state index in [2.05, 4.69) is 4.74 Å². The topological polar surface area (TPSA) is 72.9 Å². The molecule has 2 aromatic carbocycles. The minimum Gasteiger partial charge on any atom is -0.496 e. The van der Waals surface area contributed by atoms with Crippen LogP contribution in [0.4, 0.5) is 5.69 Å². The van der Waals surface area contributed by atoms with Crippen LogP contribution in [0.1, 0.15) is 15.9 Å². The van der Waals surface area contributed by atoms with Crippen LogP contribution in [0.2, 0.25) is 0 Å². The van der Waals surface area contributed by atoms with Gasteiger partial charge in [0, 0.05) is 7.05 Å². The molecule has 7 heteroatoms. The third-order valence-electron chi connectivity index (χ3n) is 3.68. The molecule has 0 spiro atoms. The van der Waals surface area contributed by atoms with Crippen LogP contribution in [0.5, 0.6) is 5.75 Å². The van der Waals surface area contributed by atoms with Gasteiger partial charge in [0.15, 0.2) is 0 Å². The molecule has 2 rings (SSSR count). The molecular formula is C17H19NO5S. The van der Waals surface area contributed by atoms with Crippen molar-refractivity contribution >= 4 is 21.7 Å². The van der Waals surface area contributed by atoms with Gasteiger partial charge in [-0.25, -0.2) is 13.2 Å². The van der Waals surface area contributed by atoms with Crippen LogP contribution in [0.25, 0.3) is 0 Å². The van der Waals surface area contributed by atoms with Gasteiger partial charge < -0.3 is 9.47 Å². The van der Waals surface area contributed by atoms with Crippen molar-refractivity contribution in [1.29, 1.82) is 0 Å². The first-order valence-electron chi connectivity index (χ1n) is 7.13. The number of carbonyl (C=O) groups is 1. The number of hydrogen-bond acceptors (Lipinski definition) is 5. The number of nitrogens with zero attached hydrogens (tertiary/aromatic N) is 1. The lowest BCUT2D eigenvalue weighted by atomic mass is 10.2. The number of benzene rings is 2. The van der Waals surface area contributed by atoms with Crippen LogP contribution < -0.4 is 9.04 Å². The molecule has 0 aliphatic carbocycles. The predicted molar refractivity (Wildman–Crippen MR) is 91.1 cm³/mol. The molecule has 0 aliphatic rings. The van der Waals surface area contributed by atoms with E-state index in [9.17, 15) is 13.2 Å². The maximum atomic E-state index is 12.8. The third kappa shape index (κ3) is 3.35. The summed E-state index contributed by atoms with van der Waals surface area (Å²) in [5.74, 6) is 0.150. The molecule has 0 atom stereocenters. The Bertz CT molecular complexity index is 844. The van der Waals surface area contributed by atoms with E-state index in [4.69, 9.17) is 4.74 Å². The lowest BCUT2D eigenvalue weighted by Crippen LogP contribution is -2.26. The summed E-state index contributed by atoms with van der Waals surface area (Å²) in [6, 6.07) is 10.8. The number of methoxy groups -OCH3 is 2. The van der Waals surface area contributed by atoms with E-state index in [0.29, 0.717) is 17.0 Å². The number of ether oxygens (including phenoxy) is 2. The third-order valence-corrected chi connectivity index (χ3v) is 5.46. The molecule has 0 radical (unpaired) electrons. The molecule has 2 aromatic rings. The number of aryl methyl sites for hydroxylation is 1. The number of hydrogen-bond donors (Lipinski definition) is 0. The smallest absolute Gasteiger partial charge is 0.337 e. The summed E-state index contributed by atoms with van der Waals surface area (Å²) in [7, 11) is 0.568. The summed E-state index contributed by atoms with van der Waals surface area (Å²) in [6.07, 6.45) is 0. The molecule has 0 amide bonds. The van der Waals surface area contributed by atoms with E-state index in [1.807, 2.05) is 0 Å². The van der Waals surface area contributed by atoms with Gasteiger partial charge in [0.1, 0.15) is 5.75 Å². The summed E-state index contributed by atoms with van der Waals surface area (Å²) in [5, 5.41) is 0. The van der Waals surface area contributed by atoms with Crippen LogP contribution in [0.3, 0.4) is 0 Å². The molecule has 0 aromatic heterocycles. The highest BCUT2D eigenvalue weighted by molar-refractivity contribution is 7.92. The molecule has 0 aliphatic heterocycles. The Morgan fingerprint density at radius 3 is 2.17 bits per heavy atom. The van der Waals surface area contributed by atoms with Crippen molar-refractivity contribution in [2.45, 2.75) is 11.8 Å². The van der Waals surface area contributed by atoms with Gasteiger partial charge in [0.25, 0.3) is 10.0 Å². The van der Waals surface area contributed by atoms with Gasteiger partial charge >= 0.3 is 5.97 Å². The number of sulfonamides is 1. The van der Waals surface area contributed by atoms with Gasteiger partial charge in [0.2, 0.25) is 0 Å². The van der Waals surface area contributed by atoms with Gasteiger partial charge in [-0.15, -0.1) is 0 Å². The molecule has 0 heterocycles. The van der Waals surface area contributed by atoms with Crippen LogP contribution in [-0.4, -0.2) is 35.7 Å². The first-order valence-corrected chi connectivity index (χ1v) is 8.57. The van der Waals surface area contributed by atoms with Crippen LogP contribution in [-0.2, 0) is 14.8 Å². The Balaban J connectivity index is 2.35. The Kier molecular flexibility index (Phi) is 5.14. The van der Waals surface area contributed by atoms with Gasteiger partial charge in [-0.3, -0.25) is 4.31 Å². The molecule has 6 nitrogen and oxygen atoms in total. The van der Waals surface area contributed by atoms with Crippen molar-refractivity contribution < 1.29 is 22.7 Å². The van der Waals surface area contributed by atoms with Gasteiger partial charge in [-0.1, -0.05) is 0 Å². The average Bonchev–Trinajstić information content (AvgIpc) is 2.60. The molecule has 0 fully saturated rings. The lowest BCUT2D eigenvalue weighted by Gasteiger charge is -2.20. The van der Waals surface area contributed by atoms with Gasteiger partial charge in [0.05, 0.1) is 30.4 Å². The Hall–Kier alpha value is -2.54. The standard InChI is InChI=1S/C17H19NO5S/c1-12-11-15(9-10-16(12)22-3)24(20,21)18(2)14-7-5-13(6-8-14)17(19)23-4/h5-11H,1-4H3. The zero-order chi connectivity index (χ0) is 17.9. The minimum atomic E-state index is -3.72. The summed E-state index contributed by atoms with van der Waals surface area (Å²) in [5.41, 5.74) is 1.52. The van der Waals surface area contributed by atoms with Crippen molar-refractivity contribution in [3.8, 4) is 5.75 Å². The number of carbonyl (C=O) groups excluding carboxylic acids is 1. The fraction of sp³-hybridized carbons (Fsp3) is 0.235. The summed E-state index contributed by atoms with van der Waals surface area (Å²) in [4.78, 5) is 11.6. The Morgan fingerprint density at radius 1 is 1.04 bits per heavy atom. The Morgan fingerprint density at radius 2 is 1.67 bits per heavy atom. The highest BCUT2D eigenvalue weighted by Crippen LogP contribution is 2.26. The highest BCUT2D eigenvalue weighted by atomic mass is 32.2. The maximum absolute atomic E-state index is 12.8. The van der Waals surface area contributed by atoms with Crippen LogP contribution in [0.15, 0.2) is 47.4 Å². The molecule has 0 saturated heterocycles. The number of rotatable bonds is 5. The van der Waals surface area contributed by atoms with Crippen molar-refractivity contribution in [3.63, 3.8) is 0 Å². The van der Waals surface area contributed by atoms with E-state index < -0.39 is 16.0 Å². The number of anilines is 1. The SMILES string of the molecule is COC(=O)c1ccc(N(C)S(=O)(=O)c2ccc(OC)c(C)c2)cc1. The summed E-state index contributed by atoms with van der Waals surface area (Å²) >= 11 is 0. The molecule has 24 heavy (non-hydrogen) atoms. The quantitative estimate of drug-likeness (QED) is 0.776. The molecule has 0 N–H and O–H groups in total. The summed E-state index contributed by atoms with van der Waals surface area (Å²) in [6.45, 7) is 1.78. The van der Waals surface area contributed by atoms with Crippen molar-refractivity contribution in [1.82, 2.24) is 0 Å². The first-order chi connectivity index (χ1) is 11.3.